The highest BCUT2D eigenvalue weighted by atomic mass is 32.2. The van der Waals surface area contributed by atoms with Gasteiger partial charge in [0.2, 0.25) is 0 Å². The third kappa shape index (κ3) is 2.61. The molecule has 1 fully saturated rings. The van der Waals surface area contributed by atoms with Gasteiger partial charge in [-0.05, 0) is 42.8 Å². The smallest absolute Gasteiger partial charge is 0.00784 e. The molecule has 1 nitrogen and oxygen atoms in total. The van der Waals surface area contributed by atoms with Crippen LogP contribution in [0.15, 0.2) is 29.2 Å². The summed E-state index contributed by atoms with van der Waals surface area (Å²) < 4.78 is 0. The lowest BCUT2D eigenvalue weighted by atomic mass is 9.96. The molecule has 0 atom stereocenters. The van der Waals surface area contributed by atoms with E-state index in [9.17, 15) is 0 Å². The van der Waals surface area contributed by atoms with Crippen LogP contribution in [0, 0.1) is 0 Å². The summed E-state index contributed by atoms with van der Waals surface area (Å²) in [4.78, 5) is 1.39. The van der Waals surface area contributed by atoms with Crippen molar-refractivity contribution in [2.24, 2.45) is 0 Å². The van der Waals surface area contributed by atoms with E-state index in [1.165, 1.54) is 23.3 Å². The molecular weight excluding hydrogens is 214 g/mol. The minimum absolute atomic E-state index is 0.464. The fourth-order valence-corrected chi connectivity index (χ4v) is 2.82. The van der Waals surface area contributed by atoms with E-state index < -0.39 is 0 Å². The van der Waals surface area contributed by atoms with E-state index in [1.54, 1.807) is 0 Å². The third-order valence-corrected chi connectivity index (χ3v) is 4.24. The molecule has 0 amide bonds. The Bertz CT molecular complexity index is 327. The molecule has 0 radical (unpaired) electrons. The van der Waals surface area contributed by atoms with Crippen LogP contribution in [0.1, 0.15) is 32.3 Å². The average Bonchev–Trinajstić information content (AvgIpc) is 3.09. The first-order chi connectivity index (χ1) is 7.80. The standard InChI is InChI=1S/C14H21NS/c1-3-15-11-14(9-10-14)12-5-7-13(8-6-12)16-4-2/h5-8,15H,3-4,9-11H2,1-2H3. The Morgan fingerprint density at radius 3 is 2.38 bits per heavy atom. The predicted molar refractivity (Wildman–Crippen MR) is 72.3 cm³/mol. The van der Waals surface area contributed by atoms with Crippen LogP contribution in [0.5, 0.6) is 0 Å². The maximum absolute atomic E-state index is 3.48. The normalized spacial score (nSPS) is 17.4. The second-order valence-electron chi connectivity index (χ2n) is 4.52. The van der Waals surface area contributed by atoms with Crippen molar-refractivity contribution in [3.05, 3.63) is 29.8 Å². The molecule has 0 aliphatic heterocycles. The molecule has 1 aromatic carbocycles. The first-order valence-corrected chi connectivity index (χ1v) is 7.23. The van der Waals surface area contributed by atoms with E-state index in [0.29, 0.717) is 5.41 Å². The van der Waals surface area contributed by atoms with E-state index in [0.717, 1.165) is 18.8 Å². The van der Waals surface area contributed by atoms with Gasteiger partial charge in [0.1, 0.15) is 0 Å². The van der Waals surface area contributed by atoms with Gasteiger partial charge in [-0.15, -0.1) is 11.8 Å². The average molecular weight is 235 g/mol. The monoisotopic (exact) mass is 235 g/mol. The fraction of sp³-hybridized carbons (Fsp3) is 0.571. The van der Waals surface area contributed by atoms with Crippen molar-refractivity contribution in [1.82, 2.24) is 5.32 Å². The third-order valence-electron chi connectivity index (χ3n) is 3.34. The molecule has 0 aromatic heterocycles. The molecule has 0 spiro atoms. The molecule has 2 rings (SSSR count). The van der Waals surface area contributed by atoms with Crippen LogP contribution in [-0.4, -0.2) is 18.8 Å². The SMILES string of the molecule is CCNCC1(c2ccc(SCC)cc2)CC1. The Kier molecular flexibility index (Phi) is 3.93. The zero-order chi connectivity index (χ0) is 11.4. The minimum atomic E-state index is 0.464. The molecule has 0 saturated heterocycles. The topological polar surface area (TPSA) is 12.0 Å². The van der Waals surface area contributed by atoms with Gasteiger partial charge in [-0.3, -0.25) is 0 Å². The predicted octanol–water partition coefficient (Wildman–Crippen LogP) is 3.44. The molecule has 2 heteroatoms. The number of benzene rings is 1. The highest BCUT2D eigenvalue weighted by Gasteiger charge is 2.43. The minimum Gasteiger partial charge on any atom is -0.316 e. The molecular formula is C14H21NS. The van der Waals surface area contributed by atoms with E-state index in [-0.39, 0.29) is 0 Å². The Morgan fingerprint density at radius 1 is 1.19 bits per heavy atom. The summed E-state index contributed by atoms with van der Waals surface area (Å²) >= 11 is 1.92. The summed E-state index contributed by atoms with van der Waals surface area (Å²) in [6.07, 6.45) is 2.69. The van der Waals surface area contributed by atoms with Crippen LogP contribution in [0.4, 0.5) is 0 Å². The molecule has 0 unspecified atom stereocenters. The zero-order valence-corrected chi connectivity index (χ0v) is 11.1. The van der Waals surface area contributed by atoms with Crippen molar-refractivity contribution in [2.45, 2.75) is 37.0 Å². The number of hydrogen-bond donors (Lipinski definition) is 1. The van der Waals surface area contributed by atoms with Crippen molar-refractivity contribution in [2.75, 3.05) is 18.8 Å². The highest BCUT2D eigenvalue weighted by molar-refractivity contribution is 7.99. The quantitative estimate of drug-likeness (QED) is 0.758. The Balaban J connectivity index is 2.03. The van der Waals surface area contributed by atoms with Gasteiger partial charge in [0.05, 0.1) is 0 Å². The van der Waals surface area contributed by atoms with Crippen molar-refractivity contribution in [3.8, 4) is 0 Å². The second-order valence-corrected chi connectivity index (χ2v) is 5.86. The van der Waals surface area contributed by atoms with Crippen molar-refractivity contribution in [3.63, 3.8) is 0 Å². The molecule has 88 valence electrons. The summed E-state index contributed by atoms with van der Waals surface area (Å²) in [6, 6.07) is 9.19. The number of likely N-dealkylation sites (N-methyl/N-ethyl adjacent to an activating group) is 1. The molecule has 1 aliphatic rings. The number of thioether (sulfide) groups is 1. The maximum Gasteiger partial charge on any atom is 0.00784 e. The first kappa shape index (κ1) is 12.0. The van der Waals surface area contributed by atoms with Crippen LogP contribution < -0.4 is 5.32 Å². The van der Waals surface area contributed by atoms with Gasteiger partial charge in [-0.2, -0.15) is 0 Å². The van der Waals surface area contributed by atoms with E-state index in [1.807, 2.05) is 11.8 Å². The molecule has 1 saturated carbocycles. The van der Waals surface area contributed by atoms with Crippen LogP contribution in [0.2, 0.25) is 0 Å². The molecule has 1 aromatic rings. The summed E-state index contributed by atoms with van der Waals surface area (Å²) in [5, 5.41) is 3.48. The number of nitrogens with one attached hydrogen (secondary N) is 1. The summed E-state index contributed by atoms with van der Waals surface area (Å²) in [6.45, 7) is 6.60. The largest absolute Gasteiger partial charge is 0.316 e. The summed E-state index contributed by atoms with van der Waals surface area (Å²) in [7, 11) is 0. The van der Waals surface area contributed by atoms with Crippen LogP contribution in [-0.2, 0) is 5.41 Å². The van der Waals surface area contributed by atoms with Crippen molar-refractivity contribution >= 4 is 11.8 Å². The lowest BCUT2D eigenvalue weighted by Gasteiger charge is -2.16. The van der Waals surface area contributed by atoms with Gasteiger partial charge in [0.15, 0.2) is 0 Å². The highest BCUT2D eigenvalue weighted by Crippen LogP contribution is 2.47. The Labute approximate surface area is 103 Å². The first-order valence-electron chi connectivity index (χ1n) is 6.25. The molecule has 1 aliphatic carbocycles. The zero-order valence-electron chi connectivity index (χ0n) is 10.3. The second kappa shape index (κ2) is 5.24. The van der Waals surface area contributed by atoms with E-state index in [4.69, 9.17) is 0 Å². The van der Waals surface area contributed by atoms with Crippen LogP contribution in [0.25, 0.3) is 0 Å². The number of hydrogen-bond acceptors (Lipinski definition) is 2. The maximum atomic E-state index is 3.48. The van der Waals surface area contributed by atoms with Gasteiger partial charge >= 0.3 is 0 Å². The summed E-state index contributed by atoms with van der Waals surface area (Å²) in [5.41, 5.74) is 1.99. The Hall–Kier alpha value is -0.470. The van der Waals surface area contributed by atoms with E-state index in [2.05, 4.69) is 43.4 Å². The lowest BCUT2D eigenvalue weighted by Crippen LogP contribution is -2.26. The van der Waals surface area contributed by atoms with Gasteiger partial charge in [-0.25, -0.2) is 0 Å². The fourth-order valence-electron chi connectivity index (χ4n) is 2.15. The van der Waals surface area contributed by atoms with Crippen LogP contribution in [0.3, 0.4) is 0 Å². The van der Waals surface area contributed by atoms with Crippen molar-refractivity contribution < 1.29 is 0 Å². The van der Waals surface area contributed by atoms with Gasteiger partial charge < -0.3 is 5.32 Å². The van der Waals surface area contributed by atoms with Gasteiger partial charge in [0, 0.05) is 16.9 Å². The summed E-state index contributed by atoms with van der Waals surface area (Å²) in [5.74, 6) is 1.15. The van der Waals surface area contributed by atoms with Gasteiger partial charge in [0.25, 0.3) is 0 Å². The van der Waals surface area contributed by atoms with Crippen molar-refractivity contribution in [1.29, 1.82) is 0 Å². The Morgan fingerprint density at radius 2 is 1.88 bits per heavy atom. The van der Waals surface area contributed by atoms with Gasteiger partial charge in [-0.1, -0.05) is 26.0 Å². The van der Waals surface area contributed by atoms with Crippen LogP contribution >= 0.6 is 11.8 Å². The number of rotatable bonds is 6. The van der Waals surface area contributed by atoms with E-state index >= 15 is 0 Å². The molecule has 1 N–H and O–H groups in total. The molecule has 0 bridgehead atoms. The molecule has 16 heavy (non-hydrogen) atoms. The molecule has 0 heterocycles. The lowest BCUT2D eigenvalue weighted by molar-refractivity contribution is 0.590.